The third-order valence-corrected chi connectivity index (χ3v) is 4.77. The van der Waals surface area contributed by atoms with Gasteiger partial charge >= 0.3 is 0 Å². The Kier molecular flexibility index (Phi) is 5.97. The van der Waals surface area contributed by atoms with Crippen molar-refractivity contribution in [2.75, 3.05) is 6.61 Å². The van der Waals surface area contributed by atoms with E-state index in [0.717, 1.165) is 26.7 Å². The third kappa shape index (κ3) is 4.75. The lowest BCUT2D eigenvalue weighted by molar-refractivity contribution is 0.148. The number of aromatic nitrogens is 1. The molecule has 0 aliphatic rings. The number of benzene rings is 2. The van der Waals surface area contributed by atoms with Crippen LogP contribution < -0.4 is 0 Å². The molecule has 0 fully saturated rings. The van der Waals surface area contributed by atoms with Crippen molar-refractivity contribution in [3.63, 3.8) is 0 Å². The molecule has 3 aromatic rings. The molecule has 0 unspecified atom stereocenters. The Labute approximate surface area is 155 Å². The van der Waals surface area contributed by atoms with Gasteiger partial charge in [-0.3, -0.25) is 0 Å². The quantitative estimate of drug-likeness (QED) is 0.474. The highest BCUT2D eigenvalue weighted by Crippen LogP contribution is 2.37. The van der Waals surface area contributed by atoms with E-state index >= 15 is 0 Å². The molecular weight excluding hydrogens is 357 g/mol. The predicted octanol–water partition coefficient (Wildman–Crippen LogP) is 6.28. The van der Waals surface area contributed by atoms with Crippen molar-refractivity contribution in [2.24, 2.45) is 0 Å². The molecule has 0 saturated heterocycles. The second kappa shape index (κ2) is 8.39. The number of nitrogens with zero attached hydrogens (tertiary/aromatic N) is 1. The minimum atomic E-state index is -0.257. The van der Waals surface area contributed by atoms with Crippen LogP contribution in [0, 0.1) is 5.82 Å². The predicted molar refractivity (Wildman–Crippen MR) is 102 cm³/mol. The molecule has 0 N–H and O–H groups in total. The van der Waals surface area contributed by atoms with Crippen LogP contribution in [0.3, 0.4) is 0 Å². The van der Waals surface area contributed by atoms with E-state index < -0.39 is 0 Å². The zero-order valence-electron chi connectivity index (χ0n) is 13.7. The highest BCUT2D eigenvalue weighted by molar-refractivity contribution is 7.15. The van der Waals surface area contributed by atoms with Gasteiger partial charge < -0.3 is 4.74 Å². The molecule has 0 atom stereocenters. The lowest BCUT2D eigenvalue weighted by Crippen LogP contribution is -1.92. The van der Waals surface area contributed by atoms with Gasteiger partial charge in [-0.2, -0.15) is 0 Å². The van der Waals surface area contributed by atoms with E-state index in [9.17, 15) is 4.39 Å². The van der Waals surface area contributed by atoms with Crippen LogP contribution in [0.5, 0.6) is 0 Å². The van der Waals surface area contributed by atoms with Crippen LogP contribution in [-0.2, 0) is 11.3 Å². The van der Waals surface area contributed by atoms with Gasteiger partial charge in [-0.05, 0) is 42.8 Å². The third-order valence-electron chi connectivity index (χ3n) is 3.53. The van der Waals surface area contributed by atoms with E-state index in [0.29, 0.717) is 18.2 Å². The molecule has 1 heterocycles. The Morgan fingerprint density at radius 3 is 2.52 bits per heavy atom. The highest BCUT2D eigenvalue weighted by Gasteiger charge is 2.15. The molecule has 0 spiro atoms. The Balaban J connectivity index is 1.91. The second-order valence-electron chi connectivity index (χ2n) is 5.46. The fourth-order valence-corrected chi connectivity index (χ4v) is 3.43. The summed E-state index contributed by atoms with van der Waals surface area (Å²) in [5.41, 5.74) is 2.82. The SMILES string of the molecule is C/C(Cl)=C\COCc1nc(-c2ccc(F)cc2)c(-c2ccccc2)s1. The van der Waals surface area contributed by atoms with Gasteiger partial charge in [0.1, 0.15) is 10.8 Å². The molecule has 0 radical (unpaired) electrons. The largest absolute Gasteiger partial charge is 0.370 e. The van der Waals surface area contributed by atoms with Crippen molar-refractivity contribution < 1.29 is 9.13 Å². The fourth-order valence-electron chi connectivity index (χ4n) is 2.33. The van der Waals surface area contributed by atoms with Gasteiger partial charge in [0.05, 0.1) is 23.8 Å². The first-order chi connectivity index (χ1) is 12.1. The number of allylic oxidation sites excluding steroid dienone is 1. The van der Waals surface area contributed by atoms with Crippen LogP contribution in [0.2, 0.25) is 0 Å². The maximum atomic E-state index is 13.2. The summed E-state index contributed by atoms with van der Waals surface area (Å²) < 4.78 is 18.9. The lowest BCUT2D eigenvalue weighted by atomic mass is 10.1. The average Bonchev–Trinajstić information content (AvgIpc) is 3.04. The molecular formula is C20H17ClFNOS. The van der Waals surface area contributed by atoms with Gasteiger partial charge in [0.15, 0.2) is 0 Å². The summed E-state index contributed by atoms with van der Waals surface area (Å²) >= 11 is 7.39. The van der Waals surface area contributed by atoms with E-state index in [1.807, 2.05) is 43.3 Å². The zero-order valence-corrected chi connectivity index (χ0v) is 15.3. The van der Waals surface area contributed by atoms with E-state index in [1.165, 1.54) is 12.1 Å². The number of hydrogen-bond donors (Lipinski definition) is 0. The topological polar surface area (TPSA) is 22.1 Å². The Morgan fingerprint density at radius 1 is 1.12 bits per heavy atom. The molecule has 0 aliphatic carbocycles. The summed E-state index contributed by atoms with van der Waals surface area (Å²) in [4.78, 5) is 5.77. The van der Waals surface area contributed by atoms with Crippen LogP contribution in [-0.4, -0.2) is 11.6 Å². The van der Waals surface area contributed by atoms with Crippen molar-refractivity contribution in [2.45, 2.75) is 13.5 Å². The number of hydrogen-bond acceptors (Lipinski definition) is 3. The van der Waals surface area contributed by atoms with Gasteiger partial charge in [-0.15, -0.1) is 11.3 Å². The normalized spacial score (nSPS) is 11.7. The smallest absolute Gasteiger partial charge is 0.123 e. The molecule has 5 heteroatoms. The van der Waals surface area contributed by atoms with E-state index in [-0.39, 0.29) is 5.82 Å². The van der Waals surface area contributed by atoms with Crippen LogP contribution in [0.4, 0.5) is 4.39 Å². The molecule has 3 rings (SSSR count). The number of thiazole rings is 1. The van der Waals surface area contributed by atoms with Crippen molar-refractivity contribution in [3.05, 3.63) is 76.5 Å². The summed E-state index contributed by atoms with van der Waals surface area (Å²) in [7, 11) is 0. The van der Waals surface area contributed by atoms with Crippen molar-refractivity contribution in [1.82, 2.24) is 4.98 Å². The Hall–Kier alpha value is -2.01. The monoisotopic (exact) mass is 373 g/mol. The van der Waals surface area contributed by atoms with Gasteiger partial charge in [0.25, 0.3) is 0 Å². The lowest BCUT2D eigenvalue weighted by Gasteiger charge is -2.02. The molecule has 2 nitrogen and oxygen atoms in total. The molecule has 2 aromatic carbocycles. The first-order valence-corrected chi connectivity index (χ1v) is 9.04. The molecule has 0 saturated carbocycles. The molecule has 0 bridgehead atoms. The van der Waals surface area contributed by atoms with E-state index in [1.54, 1.807) is 23.5 Å². The number of halogens is 2. The molecule has 0 aliphatic heterocycles. The first-order valence-electron chi connectivity index (χ1n) is 7.84. The summed E-state index contributed by atoms with van der Waals surface area (Å²) in [6, 6.07) is 16.5. The molecule has 1 aromatic heterocycles. The van der Waals surface area contributed by atoms with E-state index in [2.05, 4.69) is 0 Å². The van der Waals surface area contributed by atoms with Crippen LogP contribution in [0.15, 0.2) is 65.7 Å². The van der Waals surface area contributed by atoms with Crippen LogP contribution in [0.25, 0.3) is 21.7 Å². The minimum Gasteiger partial charge on any atom is -0.370 e. The summed E-state index contributed by atoms with van der Waals surface area (Å²) in [6.45, 7) is 2.67. The average molecular weight is 374 g/mol. The van der Waals surface area contributed by atoms with Gasteiger partial charge in [-0.1, -0.05) is 41.9 Å². The standard InChI is InChI=1S/C20H17ClFNOS/c1-14(21)11-12-24-13-18-23-19(15-7-9-17(22)10-8-15)20(25-18)16-5-3-2-4-6-16/h2-11H,12-13H2,1H3/b14-11+. The molecule has 128 valence electrons. The maximum Gasteiger partial charge on any atom is 0.123 e. The first kappa shape index (κ1) is 17.8. The highest BCUT2D eigenvalue weighted by atomic mass is 35.5. The molecule has 25 heavy (non-hydrogen) atoms. The number of rotatable bonds is 6. The van der Waals surface area contributed by atoms with Gasteiger partial charge in [-0.25, -0.2) is 9.37 Å². The Morgan fingerprint density at radius 2 is 1.84 bits per heavy atom. The summed E-state index contributed by atoms with van der Waals surface area (Å²) in [5, 5.41) is 1.58. The zero-order chi connectivity index (χ0) is 17.6. The fraction of sp³-hybridized carbons (Fsp3) is 0.150. The van der Waals surface area contributed by atoms with Gasteiger partial charge in [0.2, 0.25) is 0 Å². The maximum absolute atomic E-state index is 13.2. The number of ether oxygens (including phenoxy) is 1. The summed E-state index contributed by atoms with van der Waals surface area (Å²) in [6.07, 6.45) is 1.81. The van der Waals surface area contributed by atoms with Crippen LogP contribution in [0.1, 0.15) is 11.9 Å². The van der Waals surface area contributed by atoms with E-state index in [4.69, 9.17) is 21.3 Å². The van der Waals surface area contributed by atoms with Crippen molar-refractivity contribution in [1.29, 1.82) is 0 Å². The molecule has 0 amide bonds. The van der Waals surface area contributed by atoms with Crippen molar-refractivity contribution in [3.8, 4) is 21.7 Å². The minimum absolute atomic E-state index is 0.257. The second-order valence-corrected chi connectivity index (χ2v) is 7.14. The summed E-state index contributed by atoms with van der Waals surface area (Å²) in [5.74, 6) is -0.257. The Bertz CT molecular complexity index is 855. The van der Waals surface area contributed by atoms with Gasteiger partial charge in [0, 0.05) is 10.6 Å². The van der Waals surface area contributed by atoms with Crippen molar-refractivity contribution >= 4 is 22.9 Å². The van der Waals surface area contributed by atoms with Crippen LogP contribution >= 0.6 is 22.9 Å².